The third-order valence-corrected chi connectivity index (χ3v) is 3.70. The molecule has 0 bridgehead atoms. The molecule has 0 aliphatic carbocycles. The van der Waals surface area contributed by atoms with Crippen molar-refractivity contribution in [1.29, 1.82) is 0 Å². The van der Waals surface area contributed by atoms with Crippen molar-refractivity contribution in [3.05, 3.63) is 35.4 Å². The van der Waals surface area contributed by atoms with Crippen LogP contribution in [0.2, 0.25) is 0 Å². The summed E-state index contributed by atoms with van der Waals surface area (Å²) in [4.78, 5) is 0. The SMILES string of the molecule is Cc1cccc(C(CCC(C)(C)C)CNCC(C)C)c1. The first kappa shape index (κ1) is 17.2. The second-order valence-electron chi connectivity index (χ2n) is 7.76. The number of rotatable bonds is 7. The van der Waals surface area contributed by atoms with Crippen molar-refractivity contribution < 1.29 is 0 Å². The quantitative estimate of drug-likeness (QED) is 0.725. The molecule has 1 atom stereocenters. The Kier molecular flexibility index (Phi) is 6.75. The Morgan fingerprint density at radius 1 is 1.10 bits per heavy atom. The zero-order valence-corrected chi connectivity index (χ0v) is 14.3. The standard InChI is InChI=1S/C19H33N/c1-15(2)13-20-14-18(10-11-19(4,5)6)17-9-7-8-16(3)12-17/h7-9,12,15,18,20H,10-11,13-14H2,1-6H3. The minimum Gasteiger partial charge on any atom is -0.316 e. The van der Waals surface area contributed by atoms with Gasteiger partial charge in [0.15, 0.2) is 0 Å². The highest BCUT2D eigenvalue weighted by Crippen LogP contribution is 2.29. The Morgan fingerprint density at radius 2 is 1.80 bits per heavy atom. The molecule has 0 aliphatic heterocycles. The van der Waals surface area contributed by atoms with E-state index in [0.717, 1.165) is 19.0 Å². The smallest absolute Gasteiger partial charge is 0.00202 e. The molecule has 0 saturated carbocycles. The van der Waals surface area contributed by atoms with Gasteiger partial charge in [-0.2, -0.15) is 0 Å². The maximum Gasteiger partial charge on any atom is 0.00202 e. The van der Waals surface area contributed by atoms with Crippen LogP contribution in [-0.2, 0) is 0 Å². The zero-order chi connectivity index (χ0) is 15.2. The van der Waals surface area contributed by atoms with Gasteiger partial charge in [-0.05, 0) is 49.1 Å². The molecule has 0 radical (unpaired) electrons. The summed E-state index contributed by atoms with van der Waals surface area (Å²) in [7, 11) is 0. The first-order valence-corrected chi connectivity index (χ1v) is 8.05. The van der Waals surface area contributed by atoms with Crippen LogP contribution in [0.4, 0.5) is 0 Å². The van der Waals surface area contributed by atoms with Crippen LogP contribution in [0.5, 0.6) is 0 Å². The summed E-state index contributed by atoms with van der Waals surface area (Å²) in [5.41, 5.74) is 3.28. The summed E-state index contributed by atoms with van der Waals surface area (Å²) >= 11 is 0. The van der Waals surface area contributed by atoms with E-state index in [4.69, 9.17) is 0 Å². The lowest BCUT2D eigenvalue weighted by Crippen LogP contribution is -2.26. The molecule has 0 aliphatic rings. The summed E-state index contributed by atoms with van der Waals surface area (Å²) < 4.78 is 0. The van der Waals surface area contributed by atoms with E-state index in [0.29, 0.717) is 11.3 Å². The summed E-state index contributed by atoms with van der Waals surface area (Å²) in [5.74, 6) is 1.35. The van der Waals surface area contributed by atoms with E-state index in [1.54, 1.807) is 0 Å². The largest absolute Gasteiger partial charge is 0.316 e. The van der Waals surface area contributed by atoms with E-state index in [2.05, 4.69) is 71.1 Å². The molecule has 0 aromatic heterocycles. The van der Waals surface area contributed by atoms with Crippen LogP contribution in [0.3, 0.4) is 0 Å². The Morgan fingerprint density at radius 3 is 2.35 bits per heavy atom. The Bertz CT molecular complexity index is 387. The number of hydrogen-bond donors (Lipinski definition) is 1. The van der Waals surface area contributed by atoms with Crippen molar-refractivity contribution in [3.63, 3.8) is 0 Å². The topological polar surface area (TPSA) is 12.0 Å². The zero-order valence-electron chi connectivity index (χ0n) is 14.3. The van der Waals surface area contributed by atoms with Gasteiger partial charge in [-0.3, -0.25) is 0 Å². The van der Waals surface area contributed by atoms with E-state index >= 15 is 0 Å². The lowest BCUT2D eigenvalue weighted by Gasteiger charge is -2.24. The molecular formula is C19H33N. The van der Waals surface area contributed by atoms with Gasteiger partial charge in [0, 0.05) is 6.54 Å². The molecule has 20 heavy (non-hydrogen) atoms. The van der Waals surface area contributed by atoms with E-state index < -0.39 is 0 Å². The predicted molar refractivity (Wildman–Crippen MR) is 90.3 cm³/mol. The highest BCUT2D eigenvalue weighted by atomic mass is 14.9. The Hall–Kier alpha value is -0.820. The number of nitrogens with one attached hydrogen (secondary N) is 1. The minimum atomic E-state index is 0.417. The van der Waals surface area contributed by atoms with Crippen molar-refractivity contribution in [1.82, 2.24) is 5.32 Å². The fourth-order valence-electron chi connectivity index (χ4n) is 2.46. The van der Waals surface area contributed by atoms with Crippen LogP contribution in [0, 0.1) is 18.3 Å². The van der Waals surface area contributed by atoms with Crippen molar-refractivity contribution in [3.8, 4) is 0 Å². The fraction of sp³-hybridized carbons (Fsp3) is 0.684. The Labute approximate surface area is 126 Å². The first-order valence-electron chi connectivity index (χ1n) is 8.05. The third kappa shape index (κ3) is 7.09. The van der Waals surface area contributed by atoms with Gasteiger partial charge in [-0.1, -0.05) is 64.4 Å². The van der Waals surface area contributed by atoms with Gasteiger partial charge in [-0.25, -0.2) is 0 Å². The minimum absolute atomic E-state index is 0.417. The highest BCUT2D eigenvalue weighted by Gasteiger charge is 2.17. The molecule has 0 saturated heterocycles. The van der Waals surface area contributed by atoms with Gasteiger partial charge in [0.25, 0.3) is 0 Å². The van der Waals surface area contributed by atoms with Crippen LogP contribution in [0.25, 0.3) is 0 Å². The van der Waals surface area contributed by atoms with E-state index in [1.807, 2.05) is 0 Å². The van der Waals surface area contributed by atoms with Crippen molar-refractivity contribution in [2.45, 2.75) is 60.3 Å². The molecule has 0 heterocycles. The maximum atomic E-state index is 3.64. The van der Waals surface area contributed by atoms with Crippen molar-refractivity contribution in [2.75, 3.05) is 13.1 Å². The molecule has 1 unspecified atom stereocenters. The van der Waals surface area contributed by atoms with Crippen LogP contribution < -0.4 is 5.32 Å². The second-order valence-corrected chi connectivity index (χ2v) is 7.76. The van der Waals surface area contributed by atoms with Gasteiger partial charge in [0.05, 0.1) is 0 Å². The monoisotopic (exact) mass is 275 g/mol. The van der Waals surface area contributed by atoms with Crippen LogP contribution in [-0.4, -0.2) is 13.1 Å². The normalized spacial score (nSPS) is 13.8. The summed E-state index contributed by atoms with van der Waals surface area (Å²) in [6.07, 6.45) is 2.53. The maximum absolute atomic E-state index is 3.64. The number of benzene rings is 1. The second kappa shape index (κ2) is 7.83. The van der Waals surface area contributed by atoms with Crippen LogP contribution in [0.15, 0.2) is 24.3 Å². The molecule has 1 nitrogen and oxygen atoms in total. The molecule has 1 heteroatoms. The molecule has 1 aromatic carbocycles. The van der Waals surface area contributed by atoms with E-state index in [1.165, 1.54) is 24.0 Å². The van der Waals surface area contributed by atoms with Gasteiger partial charge in [0.2, 0.25) is 0 Å². The van der Waals surface area contributed by atoms with Crippen molar-refractivity contribution >= 4 is 0 Å². The van der Waals surface area contributed by atoms with Gasteiger partial charge >= 0.3 is 0 Å². The number of aryl methyl sites for hydroxylation is 1. The predicted octanol–water partition coefficient (Wildman–Crippen LogP) is 5.15. The molecular weight excluding hydrogens is 242 g/mol. The van der Waals surface area contributed by atoms with Gasteiger partial charge in [0.1, 0.15) is 0 Å². The molecule has 1 N–H and O–H groups in total. The summed E-state index contributed by atoms with van der Waals surface area (Å²) in [6, 6.07) is 9.02. The van der Waals surface area contributed by atoms with Crippen molar-refractivity contribution in [2.24, 2.45) is 11.3 Å². The van der Waals surface area contributed by atoms with Crippen LogP contribution in [0.1, 0.15) is 64.5 Å². The van der Waals surface area contributed by atoms with E-state index in [-0.39, 0.29) is 0 Å². The summed E-state index contributed by atoms with van der Waals surface area (Å²) in [5, 5.41) is 3.64. The molecule has 0 spiro atoms. The molecule has 1 aromatic rings. The lowest BCUT2D eigenvalue weighted by atomic mass is 9.84. The third-order valence-electron chi connectivity index (χ3n) is 3.70. The van der Waals surface area contributed by atoms with Gasteiger partial charge < -0.3 is 5.32 Å². The van der Waals surface area contributed by atoms with Crippen LogP contribution >= 0.6 is 0 Å². The Balaban J connectivity index is 2.68. The molecule has 0 amide bonds. The molecule has 114 valence electrons. The fourth-order valence-corrected chi connectivity index (χ4v) is 2.46. The van der Waals surface area contributed by atoms with E-state index in [9.17, 15) is 0 Å². The first-order chi connectivity index (χ1) is 9.28. The van der Waals surface area contributed by atoms with Gasteiger partial charge in [-0.15, -0.1) is 0 Å². The average Bonchev–Trinajstić information content (AvgIpc) is 2.31. The summed E-state index contributed by atoms with van der Waals surface area (Å²) in [6.45, 7) is 15.9. The average molecular weight is 275 g/mol. The lowest BCUT2D eigenvalue weighted by molar-refractivity contribution is 0.343. The highest BCUT2D eigenvalue weighted by molar-refractivity contribution is 5.25. The molecule has 0 fully saturated rings. The molecule has 1 rings (SSSR count). The number of hydrogen-bond acceptors (Lipinski definition) is 1.